The van der Waals surface area contributed by atoms with Crippen LogP contribution in [0.15, 0.2) is 60.9 Å². The molecule has 5 rings (SSSR count). The quantitative estimate of drug-likeness (QED) is 0.412. The predicted molar refractivity (Wildman–Crippen MR) is 126 cm³/mol. The molecule has 4 aromatic rings. The number of rotatable bonds is 6. The molecule has 1 saturated carbocycles. The molecule has 0 unspecified atom stereocenters. The third-order valence-electron chi connectivity index (χ3n) is 5.36. The van der Waals surface area contributed by atoms with E-state index in [0.717, 1.165) is 41.1 Å². The SMILES string of the molecule is COc1ccc(-c2cccc(C(C)=O)c2)n2nc(C3CC3)nc12.O=C(O)NCc1cccnc1. The summed E-state index contributed by atoms with van der Waals surface area (Å²) in [6, 6.07) is 15.0. The minimum absolute atomic E-state index is 0.0499. The lowest BCUT2D eigenvalue weighted by Crippen LogP contribution is -2.19. The summed E-state index contributed by atoms with van der Waals surface area (Å²) < 4.78 is 7.24. The van der Waals surface area contributed by atoms with Crippen LogP contribution in [0.5, 0.6) is 5.75 Å². The monoisotopic (exact) mass is 459 g/mol. The van der Waals surface area contributed by atoms with E-state index in [4.69, 9.17) is 9.84 Å². The van der Waals surface area contributed by atoms with E-state index in [-0.39, 0.29) is 5.78 Å². The van der Waals surface area contributed by atoms with Gasteiger partial charge in [-0.25, -0.2) is 14.3 Å². The molecule has 1 amide bonds. The number of ether oxygens (including phenoxy) is 1. The van der Waals surface area contributed by atoms with Crippen molar-refractivity contribution in [3.8, 4) is 17.0 Å². The van der Waals surface area contributed by atoms with Crippen molar-refractivity contribution in [1.29, 1.82) is 0 Å². The molecule has 1 aliphatic carbocycles. The standard InChI is InChI=1S/C18H17N3O2.C7H8N2O2/c1-11(22)13-4-3-5-14(10-13)15-8-9-16(23-2)18-19-17(12-6-7-12)20-21(15)18;10-7(11)9-5-6-2-1-3-8-4-6/h3-5,8-10,12H,6-7H2,1-2H3;1-4,9H,5H2,(H,10,11). The molecule has 9 heteroatoms. The molecule has 1 fully saturated rings. The molecule has 0 bridgehead atoms. The van der Waals surface area contributed by atoms with Crippen LogP contribution in [0, 0.1) is 0 Å². The summed E-state index contributed by atoms with van der Waals surface area (Å²) >= 11 is 0. The Morgan fingerprint density at radius 1 is 1.18 bits per heavy atom. The van der Waals surface area contributed by atoms with Crippen molar-refractivity contribution < 1.29 is 19.4 Å². The maximum Gasteiger partial charge on any atom is 0.404 e. The van der Waals surface area contributed by atoms with Gasteiger partial charge in [0.1, 0.15) is 0 Å². The van der Waals surface area contributed by atoms with E-state index in [1.807, 2.05) is 47.0 Å². The molecule has 3 aromatic heterocycles. The zero-order valence-corrected chi connectivity index (χ0v) is 18.9. The van der Waals surface area contributed by atoms with Gasteiger partial charge in [0.2, 0.25) is 0 Å². The molecule has 2 N–H and O–H groups in total. The number of nitrogens with one attached hydrogen (secondary N) is 1. The lowest BCUT2D eigenvalue weighted by Gasteiger charge is -2.08. The molecule has 0 radical (unpaired) electrons. The van der Waals surface area contributed by atoms with Gasteiger partial charge in [-0.3, -0.25) is 9.78 Å². The molecule has 0 aliphatic heterocycles. The van der Waals surface area contributed by atoms with Crippen molar-refractivity contribution >= 4 is 17.5 Å². The Labute approximate surface area is 196 Å². The van der Waals surface area contributed by atoms with Gasteiger partial charge in [0, 0.05) is 36.0 Å². The molecule has 0 atom stereocenters. The fourth-order valence-corrected chi connectivity index (χ4v) is 3.43. The molecule has 174 valence electrons. The first-order valence-corrected chi connectivity index (χ1v) is 10.9. The fraction of sp³-hybridized carbons (Fsp3) is 0.240. The average Bonchev–Trinajstić information content (AvgIpc) is 3.61. The molecule has 34 heavy (non-hydrogen) atoms. The van der Waals surface area contributed by atoms with Gasteiger partial charge in [-0.15, -0.1) is 0 Å². The highest BCUT2D eigenvalue weighted by atomic mass is 16.5. The average molecular weight is 460 g/mol. The number of aromatic nitrogens is 4. The number of fused-ring (bicyclic) bond motifs is 1. The number of carbonyl (C=O) groups is 2. The smallest absolute Gasteiger partial charge is 0.404 e. The van der Waals surface area contributed by atoms with Crippen LogP contribution in [0.25, 0.3) is 16.9 Å². The predicted octanol–water partition coefficient (Wildman–Crippen LogP) is 4.33. The van der Waals surface area contributed by atoms with Gasteiger partial charge in [0.15, 0.2) is 23.0 Å². The number of carboxylic acid groups (broad SMARTS) is 1. The van der Waals surface area contributed by atoms with Gasteiger partial charge in [-0.2, -0.15) is 5.10 Å². The zero-order chi connectivity index (χ0) is 24.1. The summed E-state index contributed by atoms with van der Waals surface area (Å²) in [5.41, 5.74) is 4.12. The number of pyridine rings is 2. The summed E-state index contributed by atoms with van der Waals surface area (Å²) in [5.74, 6) is 2.10. The maximum atomic E-state index is 11.6. The van der Waals surface area contributed by atoms with Crippen molar-refractivity contribution in [3.05, 3.63) is 77.9 Å². The Bertz CT molecular complexity index is 1320. The van der Waals surface area contributed by atoms with E-state index >= 15 is 0 Å². The first-order chi connectivity index (χ1) is 16.5. The highest BCUT2D eigenvalue weighted by Crippen LogP contribution is 2.39. The van der Waals surface area contributed by atoms with Crippen molar-refractivity contribution in [2.75, 3.05) is 7.11 Å². The molecule has 0 saturated heterocycles. The van der Waals surface area contributed by atoms with Crippen LogP contribution in [-0.4, -0.2) is 43.7 Å². The van der Waals surface area contributed by atoms with E-state index in [1.54, 1.807) is 32.5 Å². The Hall–Kier alpha value is -4.27. The van der Waals surface area contributed by atoms with Gasteiger partial charge in [-0.05, 0) is 49.6 Å². The second kappa shape index (κ2) is 10.1. The van der Waals surface area contributed by atoms with Crippen LogP contribution < -0.4 is 10.1 Å². The van der Waals surface area contributed by atoms with Crippen molar-refractivity contribution in [2.45, 2.75) is 32.2 Å². The molecule has 1 aliphatic rings. The highest BCUT2D eigenvalue weighted by Gasteiger charge is 2.29. The van der Waals surface area contributed by atoms with Crippen molar-refractivity contribution in [3.63, 3.8) is 0 Å². The van der Waals surface area contributed by atoms with Crippen molar-refractivity contribution in [1.82, 2.24) is 24.9 Å². The summed E-state index contributed by atoms with van der Waals surface area (Å²) in [7, 11) is 1.64. The first kappa shape index (κ1) is 22.9. The number of nitrogens with zero attached hydrogens (tertiary/aromatic N) is 4. The Morgan fingerprint density at radius 2 is 2.00 bits per heavy atom. The van der Waals surface area contributed by atoms with E-state index < -0.39 is 6.09 Å². The van der Waals surface area contributed by atoms with Crippen LogP contribution in [0.3, 0.4) is 0 Å². The van der Waals surface area contributed by atoms with E-state index in [0.29, 0.717) is 23.8 Å². The number of amides is 1. The summed E-state index contributed by atoms with van der Waals surface area (Å²) in [4.78, 5) is 30.2. The second-order valence-electron chi connectivity index (χ2n) is 7.92. The fourth-order valence-electron chi connectivity index (χ4n) is 3.43. The number of hydrogen-bond acceptors (Lipinski definition) is 6. The molecule has 1 aromatic carbocycles. The van der Waals surface area contributed by atoms with Gasteiger partial charge < -0.3 is 15.2 Å². The molecular weight excluding hydrogens is 434 g/mol. The normalized spacial score (nSPS) is 12.5. The number of methoxy groups -OCH3 is 1. The largest absolute Gasteiger partial charge is 0.493 e. The molecule has 3 heterocycles. The zero-order valence-electron chi connectivity index (χ0n) is 18.9. The van der Waals surface area contributed by atoms with Crippen molar-refractivity contribution in [2.24, 2.45) is 0 Å². The summed E-state index contributed by atoms with van der Waals surface area (Å²) in [6.45, 7) is 1.88. The summed E-state index contributed by atoms with van der Waals surface area (Å²) in [5, 5.41) is 15.2. The van der Waals surface area contributed by atoms with Gasteiger partial charge in [0.25, 0.3) is 0 Å². The van der Waals surface area contributed by atoms with Crippen LogP contribution in [0.2, 0.25) is 0 Å². The minimum Gasteiger partial charge on any atom is -0.493 e. The van der Waals surface area contributed by atoms with Gasteiger partial charge in [0.05, 0.1) is 12.8 Å². The minimum atomic E-state index is -1.02. The van der Waals surface area contributed by atoms with E-state index in [1.165, 1.54) is 0 Å². The van der Waals surface area contributed by atoms with Gasteiger partial charge >= 0.3 is 6.09 Å². The third-order valence-corrected chi connectivity index (χ3v) is 5.36. The summed E-state index contributed by atoms with van der Waals surface area (Å²) in [6.07, 6.45) is 4.54. The lowest BCUT2D eigenvalue weighted by molar-refractivity contribution is 0.101. The number of carbonyl (C=O) groups excluding carboxylic acids is 1. The van der Waals surface area contributed by atoms with Crippen LogP contribution in [0.1, 0.15) is 47.4 Å². The van der Waals surface area contributed by atoms with Crippen LogP contribution in [-0.2, 0) is 6.54 Å². The van der Waals surface area contributed by atoms with E-state index in [9.17, 15) is 9.59 Å². The topological polar surface area (TPSA) is 119 Å². The molecule has 9 nitrogen and oxygen atoms in total. The molecule has 0 spiro atoms. The Balaban J connectivity index is 0.000000210. The maximum absolute atomic E-state index is 11.6. The Morgan fingerprint density at radius 3 is 2.65 bits per heavy atom. The lowest BCUT2D eigenvalue weighted by atomic mass is 10.1. The number of benzene rings is 1. The number of ketones is 1. The second-order valence-corrected chi connectivity index (χ2v) is 7.92. The first-order valence-electron chi connectivity index (χ1n) is 10.9. The third kappa shape index (κ3) is 5.37. The number of Topliss-reactive ketones (excluding diaryl/α,β-unsaturated/α-hetero) is 1. The van der Waals surface area contributed by atoms with E-state index in [2.05, 4.69) is 20.4 Å². The van der Waals surface area contributed by atoms with Gasteiger partial charge in [-0.1, -0.05) is 24.3 Å². The number of hydrogen-bond donors (Lipinski definition) is 2. The highest BCUT2D eigenvalue weighted by molar-refractivity contribution is 5.95. The van der Waals surface area contributed by atoms with Crippen LogP contribution in [0.4, 0.5) is 4.79 Å². The molecular formula is C25H25N5O4. The Kier molecular flexibility index (Phi) is 6.82. The van der Waals surface area contributed by atoms with Crippen LogP contribution >= 0.6 is 0 Å².